The van der Waals surface area contributed by atoms with Crippen LogP contribution >= 0.6 is 0 Å². The molecule has 1 fully saturated rings. The number of hydrogen-bond acceptors (Lipinski definition) is 5. The lowest BCUT2D eigenvalue weighted by atomic mass is 9.94. The van der Waals surface area contributed by atoms with Crippen LogP contribution in [0.4, 0.5) is 0 Å². The molecule has 0 aliphatic carbocycles. The zero-order chi connectivity index (χ0) is 16.9. The fraction of sp³-hybridized carbons (Fsp3) is 0.389. The SMILES string of the molecule is COc1ccc(Oc2nccnc2[C@H]2CCCN(C(C)=O)C2)cc1. The Kier molecular flexibility index (Phi) is 4.93. The number of carbonyl (C=O) groups is 1. The molecule has 1 aromatic carbocycles. The molecule has 0 bridgehead atoms. The van der Waals surface area contributed by atoms with Crippen LogP contribution in [0, 0.1) is 0 Å². The van der Waals surface area contributed by atoms with Crippen LogP contribution in [0.15, 0.2) is 36.7 Å². The molecule has 1 atom stereocenters. The van der Waals surface area contributed by atoms with Crippen molar-refractivity contribution in [2.75, 3.05) is 20.2 Å². The molecule has 0 N–H and O–H groups in total. The Morgan fingerprint density at radius 3 is 2.58 bits per heavy atom. The third-order valence-corrected chi connectivity index (χ3v) is 4.22. The van der Waals surface area contributed by atoms with Gasteiger partial charge in [-0.2, -0.15) is 0 Å². The van der Waals surface area contributed by atoms with Crippen molar-refractivity contribution in [3.8, 4) is 17.4 Å². The summed E-state index contributed by atoms with van der Waals surface area (Å²) in [6.45, 7) is 3.07. The summed E-state index contributed by atoms with van der Waals surface area (Å²) in [6.07, 6.45) is 5.22. The van der Waals surface area contributed by atoms with Gasteiger partial charge in [0.2, 0.25) is 11.8 Å². The molecule has 1 saturated heterocycles. The normalized spacial score (nSPS) is 17.4. The molecule has 6 nitrogen and oxygen atoms in total. The van der Waals surface area contributed by atoms with E-state index in [0.717, 1.165) is 30.8 Å². The summed E-state index contributed by atoms with van der Waals surface area (Å²) in [5, 5.41) is 0. The Bertz CT molecular complexity index is 703. The highest BCUT2D eigenvalue weighted by Gasteiger charge is 2.27. The van der Waals surface area contributed by atoms with E-state index in [0.29, 0.717) is 18.2 Å². The molecule has 24 heavy (non-hydrogen) atoms. The van der Waals surface area contributed by atoms with Crippen LogP contribution in [-0.2, 0) is 4.79 Å². The summed E-state index contributed by atoms with van der Waals surface area (Å²) in [5.74, 6) is 2.19. The van der Waals surface area contributed by atoms with Crippen molar-refractivity contribution in [3.63, 3.8) is 0 Å². The summed E-state index contributed by atoms with van der Waals surface area (Å²) in [6, 6.07) is 7.34. The van der Waals surface area contributed by atoms with Crippen molar-refractivity contribution in [1.82, 2.24) is 14.9 Å². The second kappa shape index (κ2) is 7.29. The first-order chi connectivity index (χ1) is 11.7. The highest BCUT2D eigenvalue weighted by molar-refractivity contribution is 5.73. The van der Waals surface area contributed by atoms with Gasteiger partial charge < -0.3 is 14.4 Å². The Balaban J connectivity index is 1.80. The van der Waals surface area contributed by atoms with E-state index in [4.69, 9.17) is 9.47 Å². The predicted molar refractivity (Wildman–Crippen MR) is 89.3 cm³/mol. The molecular weight excluding hydrogens is 306 g/mol. The molecule has 6 heteroatoms. The van der Waals surface area contributed by atoms with Crippen LogP contribution < -0.4 is 9.47 Å². The summed E-state index contributed by atoms with van der Waals surface area (Å²) in [5.41, 5.74) is 0.805. The van der Waals surface area contributed by atoms with Gasteiger partial charge in [0, 0.05) is 38.3 Å². The minimum atomic E-state index is 0.0983. The van der Waals surface area contributed by atoms with Crippen molar-refractivity contribution in [2.24, 2.45) is 0 Å². The van der Waals surface area contributed by atoms with Crippen molar-refractivity contribution in [2.45, 2.75) is 25.7 Å². The van der Waals surface area contributed by atoms with Gasteiger partial charge in [-0.05, 0) is 37.1 Å². The number of rotatable bonds is 4. The maximum absolute atomic E-state index is 11.7. The third-order valence-electron chi connectivity index (χ3n) is 4.22. The van der Waals surface area contributed by atoms with E-state index in [1.807, 2.05) is 29.2 Å². The summed E-state index contributed by atoms with van der Waals surface area (Å²) in [7, 11) is 1.63. The minimum Gasteiger partial charge on any atom is -0.497 e. The quantitative estimate of drug-likeness (QED) is 0.864. The second-order valence-corrected chi connectivity index (χ2v) is 5.83. The largest absolute Gasteiger partial charge is 0.497 e. The average Bonchev–Trinajstić information content (AvgIpc) is 2.63. The van der Waals surface area contributed by atoms with Crippen molar-refractivity contribution in [3.05, 3.63) is 42.4 Å². The van der Waals surface area contributed by atoms with Gasteiger partial charge in [-0.1, -0.05) is 0 Å². The van der Waals surface area contributed by atoms with Crippen molar-refractivity contribution < 1.29 is 14.3 Å². The fourth-order valence-corrected chi connectivity index (χ4v) is 2.94. The number of methoxy groups -OCH3 is 1. The van der Waals surface area contributed by atoms with Crippen LogP contribution in [0.2, 0.25) is 0 Å². The number of benzene rings is 1. The summed E-state index contributed by atoms with van der Waals surface area (Å²) < 4.78 is 11.1. The molecule has 1 aliphatic heterocycles. The predicted octanol–water partition coefficient (Wildman–Crippen LogP) is 3.00. The van der Waals surface area contributed by atoms with Gasteiger partial charge in [-0.15, -0.1) is 0 Å². The summed E-state index contributed by atoms with van der Waals surface area (Å²) in [4.78, 5) is 22.3. The number of hydrogen-bond donors (Lipinski definition) is 0. The molecule has 0 spiro atoms. The monoisotopic (exact) mass is 327 g/mol. The van der Waals surface area contributed by atoms with Crippen LogP contribution in [0.5, 0.6) is 17.4 Å². The van der Waals surface area contributed by atoms with Gasteiger partial charge in [0.15, 0.2) is 0 Å². The smallest absolute Gasteiger partial charge is 0.241 e. The number of nitrogens with zero attached hydrogens (tertiary/aromatic N) is 3. The maximum Gasteiger partial charge on any atom is 0.241 e. The highest BCUT2D eigenvalue weighted by atomic mass is 16.5. The lowest BCUT2D eigenvalue weighted by Gasteiger charge is -2.32. The molecule has 0 saturated carbocycles. The van der Waals surface area contributed by atoms with E-state index in [2.05, 4.69) is 9.97 Å². The molecule has 2 aromatic rings. The van der Waals surface area contributed by atoms with Gasteiger partial charge >= 0.3 is 0 Å². The van der Waals surface area contributed by atoms with Gasteiger partial charge in [0.1, 0.15) is 17.2 Å². The van der Waals surface area contributed by atoms with Gasteiger partial charge in [-0.25, -0.2) is 4.98 Å². The first kappa shape index (κ1) is 16.2. The highest BCUT2D eigenvalue weighted by Crippen LogP contribution is 2.32. The van der Waals surface area contributed by atoms with Gasteiger partial charge in [0.25, 0.3) is 0 Å². The van der Waals surface area contributed by atoms with Crippen LogP contribution in [-0.4, -0.2) is 41.0 Å². The molecule has 0 unspecified atom stereocenters. The summed E-state index contributed by atoms with van der Waals surface area (Å²) >= 11 is 0. The van der Waals surface area contributed by atoms with E-state index >= 15 is 0 Å². The molecule has 126 valence electrons. The average molecular weight is 327 g/mol. The Morgan fingerprint density at radius 2 is 1.88 bits per heavy atom. The van der Waals surface area contributed by atoms with E-state index in [1.54, 1.807) is 26.4 Å². The van der Waals surface area contributed by atoms with Gasteiger partial charge in [0.05, 0.1) is 7.11 Å². The molecular formula is C18H21N3O3. The number of amides is 1. The molecule has 1 aromatic heterocycles. The zero-order valence-corrected chi connectivity index (χ0v) is 13.9. The molecule has 0 radical (unpaired) electrons. The fourth-order valence-electron chi connectivity index (χ4n) is 2.94. The van der Waals surface area contributed by atoms with E-state index in [9.17, 15) is 4.79 Å². The second-order valence-electron chi connectivity index (χ2n) is 5.83. The maximum atomic E-state index is 11.7. The lowest BCUT2D eigenvalue weighted by molar-refractivity contribution is -0.130. The topological polar surface area (TPSA) is 64.6 Å². The van der Waals surface area contributed by atoms with Crippen LogP contribution in [0.1, 0.15) is 31.4 Å². The number of piperidine rings is 1. The van der Waals surface area contributed by atoms with Crippen molar-refractivity contribution >= 4 is 5.91 Å². The van der Waals surface area contributed by atoms with E-state index < -0.39 is 0 Å². The number of aromatic nitrogens is 2. The number of carbonyl (C=O) groups excluding carboxylic acids is 1. The molecule has 1 amide bonds. The Labute approximate surface area is 141 Å². The van der Waals surface area contributed by atoms with Gasteiger partial charge in [-0.3, -0.25) is 9.78 Å². The standard InChI is InChI=1S/C18H21N3O3/c1-13(22)21-11-3-4-14(12-21)17-18(20-10-9-19-17)24-16-7-5-15(23-2)6-8-16/h5-10,14H,3-4,11-12H2,1-2H3/t14-/m0/s1. The Hall–Kier alpha value is -2.63. The zero-order valence-electron chi connectivity index (χ0n) is 13.9. The Morgan fingerprint density at radius 1 is 1.17 bits per heavy atom. The van der Waals surface area contributed by atoms with Crippen molar-refractivity contribution in [1.29, 1.82) is 0 Å². The number of likely N-dealkylation sites (tertiary alicyclic amines) is 1. The van der Waals surface area contributed by atoms with Crippen LogP contribution in [0.3, 0.4) is 0 Å². The van der Waals surface area contributed by atoms with E-state index in [-0.39, 0.29) is 11.8 Å². The first-order valence-electron chi connectivity index (χ1n) is 8.05. The molecule has 2 heterocycles. The molecule has 1 aliphatic rings. The minimum absolute atomic E-state index is 0.0983. The first-order valence-corrected chi connectivity index (χ1v) is 8.05. The van der Waals surface area contributed by atoms with Crippen LogP contribution in [0.25, 0.3) is 0 Å². The lowest BCUT2D eigenvalue weighted by Crippen LogP contribution is -2.38. The third kappa shape index (κ3) is 3.64. The van der Waals surface area contributed by atoms with E-state index in [1.165, 1.54) is 0 Å². The number of ether oxygens (including phenoxy) is 2. The molecule has 3 rings (SSSR count).